The van der Waals surface area contributed by atoms with Crippen LogP contribution in [0.1, 0.15) is 12.8 Å². The van der Waals surface area contributed by atoms with Crippen molar-refractivity contribution in [3.8, 4) is 5.75 Å². The van der Waals surface area contributed by atoms with Crippen molar-refractivity contribution in [1.82, 2.24) is 0 Å². The van der Waals surface area contributed by atoms with E-state index in [2.05, 4.69) is 29.2 Å². The first-order valence-corrected chi connectivity index (χ1v) is 5.40. The molecule has 0 saturated heterocycles. The van der Waals surface area contributed by atoms with Gasteiger partial charge in [0, 0.05) is 0 Å². The number of benzene rings is 1. The molecule has 0 fully saturated rings. The van der Waals surface area contributed by atoms with E-state index in [-0.39, 0.29) is 0 Å². The van der Waals surface area contributed by atoms with Crippen molar-refractivity contribution in [2.45, 2.75) is 12.8 Å². The Morgan fingerprint density at radius 1 is 1.38 bits per heavy atom. The fourth-order valence-electron chi connectivity index (χ4n) is 0.972. The zero-order chi connectivity index (χ0) is 9.52. The van der Waals surface area contributed by atoms with Crippen molar-refractivity contribution < 1.29 is 4.74 Å². The van der Waals surface area contributed by atoms with Crippen LogP contribution in [0.3, 0.4) is 0 Å². The molecule has 1 nitrogen and oxygen atoms in total. The molecule has 2 heteroatoms. The van der Waals surface area contributed by atoms with Crippen molar-refractivity contribution in [3.05, 3.63) is 40.5 Å². The number of halogens is 1. The lowest BCUT2D eigenvalue weighted by Gasteiger charge is -2.06. The first-order valence-electron chi connectivity index (χ1n) is 4.33. The van der Waals surface area contributed by atoms with E-state index in [4.69, 9.17) is 4.74 Å². The molecule has 70 valence electrons. The molecular formula is C11H13IO. The Bertz CT molecular complexity index is 271. The molecular weight excluding hydrogens is 275 g/mol. The second kappa shape index (κ2) is 6.02. The third-order valence-corrected chi connectivity index (χ3v) is 2.54. The molecule has 1 aromatic rings. The number of ether oxygens (including phenoxy) is 1. The van der Waals surface area contributed by atoms with Gasteiger partial charge in [0.2, 0.25) is 0 Å². The van der Waals surface area contributed by atoms with Gasteiger partial charge in [-0.3, -0.25) is 0 Å². The maximum absolute atomic E-state index is 5.58. The molecule has 0 aliphatic rings. The van der Waals surface area contributed by atoms with Gasteiger partial charge in [0.1, 0.15) is 5.75 Å². The summed E-state index contributed by atoms with van der Waals surface area (Å²) >= 11 is 2.28. The van der Waals surface area contributed by atoms with Crippen LogP contribution < -0.4 is 4.74 Å². The maximum atomic E-state index is 5.58. The highest BCUT2D eigenvalue weighted by Crippen LogP contribution is 2.19. The van der Waals surface area contributed by atoms with Crippen LogP contribution in [0.4, 0.5) is 0 Å². The van der Waals surface area contributed by atoms with E-state index in [1.54, 1.807) is 0 Å². The molecule has 0 aliphatic carbocycles. The summed E-state index contributed by atoms with van der Waals surface area (Å²) in [5.74, 6) is 0.979. The van der Waals surface area contributed by atoms with Gasteiger partial charge in [-0.2, -0.15) is 0 Å². The zero-order valence-corrected chi connectivity index (χ0v) is 9.66. The van der Waals surface area contributed by atoms with E-state index in [0.29, 0.717) is 0 Å². The summed E-state index contributed by atoms with van der Waals surface area (Å²) in [5.41, 5.74) is 0. The van der Waals surface area contributed by atoms with Crippen LogP contribution >= 0.6 is 22.6 Å². The predicted octanol–water partition coefficient (Wildman–Crippen LogP) is 3.64. The van der Waals surface area contributed by atoms with E-state index < -0.39 is 0 Å². The molecule has 13 heavy (non-hydrogen) atoms. The Morgan fingerprint density at radius 2 is 2.15 bits per heavy atom. The van der Waals surface area contributed by atoms with Gasteiger partial charge in [0.15, 0.2) is 0 Å². The molecule has 0 spiro atoms. The number of hydrogen-bond donors (Lipinski definition) is 0. The lowest BCUT2D eigenvalue weighted by atomic mass is 10.3. The number of unbranched alkanes of at least 4 members (excludes halogenated alkanes) is 1. The molecule has 0 N–H and O–H groups in total. The molecule has 0 aliphatic heterocycles. The first-order chi connectivity index (χ1) is 6.34. The molecule has 0 aromatic heterocycles. The van der Waals surface area contributed by atoms with E-state index >= 15 is 0 Å². The molecule has 0 saturated carbocycles. The predicted molar refractivity (Wildman–Crippen MR) is 64.1 cm³/mol. The van der Waals surface area contributed by atoms with Crippen LogP contribution in [0.2, 0.25) is 0 Å². The number of rotatable bonds is 5. The van der Waals surface area contributed by atoms with Gasteiger partial charge in [-0.15, -0.1) is 6.58 Å². The summed E-state index contributed by atoms with van der Waals surface area (Å²) in [5, 5.41) is 0. The number of para-hydroxylation sites is 1. The summed E-state index contributed by atoms with van der Waals surface area (Å²) in [6.45, 7) is 4.44. The van der Waals surface area contributed by atoms with Crippen molar-refractivity contribution in [2.24, 2.45) is 0 Å². The minimum Gasteiger partial charge on any atom is -0.492 e. The van der Waals surface area contributed by atoms with Crippen LogP contribution in [-0.4, -0.2) is 6.61 Å². The van der Waals surface area contributed by atoms with Gasteiger partial charge < -0.3 is 4.74 Å². The second-order valence-electron chi connectivity index (χ2n) is 2.71. The topological polar surface area (TPSA) is 9.23 Å². The maximum Gasteiger partial charge on any atom is 0.132 e. The zero-order valence-electron chi connectivity index (χ0n) is 7.50. The van der Waals surface area contributed by atoms with Crippen LogP contribution in [0.25, 0.3) is 0 Å². The van der Waals surface area contributed by atoms with Crippen molar-refractivity contribution in [2.75, 3.05) is 6.61 Å². The summed E-state index contributed by atoms with van der Waals surface area (Å²) < 4.78 is 6.75. The Hall–Kier alpha value is -0.510. The van der Waals surface area contributed by atoms with Crippen LogP contribution in [0.5, 0.6) is 5.75 Å². The van der Waals surface area contributed by atoms with Crippen LogP contribution in [0.15, 0.2) is 36.9 Å². The quantitative estimate of drug-likeness (QED) is 0.456. The third kappa shape index (κ3) is 3.81. The normalized spacial score (nSPS) is 9.62. The summed E-state index contributed by atoms with van der Waals surface area (Å²) in [7, 11) is 0. The van der Waals surface area contributed by atoms with Gasteiger partial charge in [0.05, 0.1) is 10.2 Å². The molecule has 1 aromatic carbocycles. The minimum atomic E-state index is 0.770. The SMILES string of the molecule is C=CCCCOc1ccccc1I. The van der Waals surface area contributed by atoms with Crippen LogP contribution in [-0.2, 0) is 0 Å². The Kier molecular flexibility index (Phi) is 4.90. The highest BCUT2D eigenvalue weighted by atomic mass is 127. The Balaban J connectivity index is 2.36. The van der Waals surface area contributed by atoms with E-state index in [1.165, 1.54) is 3.57 Å². The van der Waals surface area contributed by atoms with E-state index in [0.717, 1.165) is 25.2 Å². The summed E-state index contributed by atoms with van der Waals surface area (Å²) in [6.07, 6.45) is 3.97. The first kappa shape index (κ1) is 10.6. The highest BCUT2D eigenvalue weighted by molar-refractivity contribution is 14.1. The smallest absolute Gasteiger partial charge is 0.132 e. The largest absolute Gasteiger partial charge is 0.492 e. The average Bonchev–Trinajstić information content (AvgIpc) is 2.15. The number of allylic oxidation sites excluding steroid dienone is 1. The highest BCUT2D eigenvalue weighted by Gasteiger charge is 1.97. The van der Waals surface area contributed by atoms with Gasteiger partial charge in [-0.25, -0.2) is 0 Å². The standard InChI is InChI=1S/C11H13IO/c1-2-3-6-9-13-11-8-5-4-7-10(11)12/h2,4-5,7-8H,1,3,6,9H2. The Labute approximate surface area is 92.9 Å². The molecule has 0 atom stereocenters. The molecule has 0 radical (unpaired) electrons. The minimum absolute atomic E-state index is 0.770. The Morgan fingerprint density at radius 3 is 2.85 bits per heavy atom. The second-order valence-corrected chi connectivity index (χ2v) is 3.87. The fourth-order valence-corrected chi connectivity index (χ4v) is 1.51. The average molecular weight is 288 g/mol. The molecule has 1 rings (SSSR count). The lowest BCUT2D eigenvalue weighted by Crippen LogP contribution is -1.97. The van der Waals surface area contributed by atoms with Crippen molar-refractivity contribution in [3.63, 3.8) is 0 Å². The fraction of sp³-hybridized carbons (Fsp3) is 0.273. The molecule has 0 amide bonds. The number of hydrogen-bond acceptors (Lipinski definition) is 1. The molecule has 0 unspecified atom stereocenters. The van der Waals surface area contributed by atoms with Gasteiger partial charge in [0.25, 0.3) is 0 Å². The van der Waals surface area contributed by atoms with Crippen molar-refractivity contribution >= 4 is 22.6 Å². The van der Waals surface area contributed by atoms with E-state index in [9.17, 15) is 0 Å². The van der Waals surface area contributed by atoms with Gasteiger partial charge >= 0.3 is 0 Å². The summed E-state index contributed by atoms with van der Waals surface area (Å²) in [4.78, 5) is 0. The van der Waals surface area contributed by atoms with Crippen LogP contribution in [0, 0.1) is 3.57 Å². The lowest BCUT2D eigenvalue weighted by molar-refractivity contribution is 0.310. The molecule has 0 heterocycles. The summed E-state index contributed by atoms with van der Waals surface area (Å²) in [6, 6.07) is 8.04. The van der Waals surface area contributed by atoms with Gasteiger partial charge in [-0.1, -0.05) is 18.2 Å². The van der Waals surface area contributed by atoms with Crippen molar-refractivity contribution in [1.29, 1.82) is 0 Å². The van der Waals surface area contributed by atoms with Gasteiger partial charge in [-0.05, 0) is 47.6 Å². The van der Waals surface area contributed by atoms with E-state index in [1.807, 2.05) is 30.3 Å². The third-order valence-electron chi connectivity index (χ3n) is 1.65. The molecule has 0 bridgehead atoms. The monoisotopic (exact) mass is 288 g/mol.